The number of carbonyl (C=O) groups is 2. The fourth-order valence-corrected chi connectivity index (χ4v) is 3.90. The van der Waals surface area contributed by atoms with Gasteiger partial charge in [0.25, 0.3) is 5.91 Å². The molecule has 2 aromatic heterocycles. The number of aromatic nitrogens is 2. The van der Waals surface area contributed by atoms with Gasteiger partial charge in [-0.3, -0.25) is 20.2 Å². The van der Waals surface area contributed by atoms with Crippen molar-refractivity contribution < 1.29 is 27.5 Å². The van der Waals surface area contributed by atoms with Gasteiger partial charge in [0.1, 0.15) is 5.75 Å². The number of nitrogens with one attached hydrogen (secondary N) is 2. The lowest BCUT2D eigenvalue weighted by Gasteiger charge is -2.04. The summed E-state index contributed by atoms with van der Waals surface area (Å²) in [5, 5.41) is 6.01. The van der Waals surface area contributed by atoms with Crippen molar-refractivity contribution in [3.63, 3.8) is 0 Å². The van der Waals surface area contributed by atoms with Gasteiger partial charge in [0.2, 0.25) is 0 Å². The van der Waals surface area contributed by atoms with Crippen molar-refractivity contribution >= 4 is 44.8 Å². The molecule has 7 nitrogen and oxygen atoms in total. The number of nitrogens with zero attached hydrogens (tertiary/aromatic N) is 2. The van der Waals surface area contributed by atoms with E-state index in [1.165, 1.54) is 12.5 Å². The molecule has 0 saturated heterocycles. The lowest BCUT2D eigenvalue weighted by atomic mass is 10.2. The fraction of sp³-hybridized carbons (Fsp3) is 0.176. The third-order valence-corrected chi connectivity index (χ3v) is 5.44. The van der Waals surface area contributed by atoms with Crippen LogP contribution in [-0.2, 0) is 4.79 Å². The van der Waals surface area contributed by atoms with Crippen LogP contribution in [-0.4, -0.2) is 35.1 Å². The Hall–Kier alpha value is -2.99. The second-order valence-corrected chi connectivity index (χ2v) is 7.46. The first-order chi connectivity index (χ1) is 13.7. The smallest absolute Gasteiger partial charge is 0.471 e. The first-order valence-corrected chi connectivity index (χ1v) is 9.64. The highest BCUT2D eigenvalue weighted by Gasteiger charge is 2.39. The molecular weight excluding hydrogens is 429 g/mol. The number of rotatable bonds is 5. The van der Waals surface area contributed by atoms with Crippen LogP contribution < -0.4 is 15.4 Å². The van der Waals surface area contributed by atoms with Crippen molar-refractivity contribution in [3.8, 4) is 16.3 Å². The Morgan fingerprint density at radius 3 is 2.38 bits per heavy atom. The monoisotopic (exact) mass is 442 g/mol. The number of halogens is 3. The minimum Gasteiger partial charge on any atom is -0.497 e. The molecule has 1 aromatic carbocycles. The molecule has 2 amide bonds. The second kappa shape index (κ2) is 8.17. The van der Waals surface area contributed by atoms with Crippen LogP contribution in [0.4, 0.5) is 23.4 Å². The topological polar surface area (TPSA) is 93.2 Å². The van der Waals surface area contributed by atoms with Crippen molar-refractivity contribution in [2.75, 3.05) is 17.7 Å². The molecular formula is C17H13F3N4O3S2. The summed E-state index contributed by atoms with van der Waals surface area (Å²) in [6.07, 6.45) is -4.99. The molecule has 0 unspecified atom stereocenters. The van der Waals surface area contributed by atoms with Crippen LogP contribution in [0.15, 0.2) is 29.6 Å². The third-order valence-electron chi connectivity index (χ3n) is 3.58. The van der Waals surface area contributed by atoms with Gasteiger partial charge in [0.15, 0.2) is 10.3 Å². The standard InChI is InChI=1S/C17H13F3N4O3S2/c1-8-12(11-7-28-15(22-11)24-14(26)17(18,19)20)29-16(21-8)23-13(25)9-3-5-10(27-2)6-4-9/h3-7H,1-2H3,(H,21,23,25)(H,22,24,26). The largest absolute Gasteiger partial charge is 0.497 e. The number of thiazole rings is 2. The average molecular weight is 442 g/mol. The van der Waals surface area contributed by atoms with E-state index in [-0.39, 0.29) is 11.0 Å². The number of amides is 2. The predicted octanol–water partition coefficient (Wildman–Crippen LogP) is 4.34. The van der Waals surface area contributed by atoms with E-state index >= 15 is 0 Å². The Balaban J connectivity index is 1.73. The summed E-state index contributed by atoms with van der Waals surface area (Å²) in [5.74, 6) is -1.85. The number of benzene rings is 1. The van der Waals surface area contributed by atoms with E-state index in [0.29, 0.717) is 32.7 Å². The normalized spacial score (nSPS) is 11.2. The van der Waals surface area contributed by atoms with Crippen LogP contribution in [0.25, 0.3) is 10.6 Å². The SMILES string of the molecule is COc1ccc(C(=O)Nc2nc(C)c(-c3csc(NC(=O)C(F)(F)F)n3)s2)cc1. The Morgan fingerprint density at radius 1 is 1.07 bits per heavy atom. The maximum absolute atomic E-state index is 12.3. The zero-order valence-corrected chi connectivity index (χ0v) is 16.6. The average Bonchev–Trinajstić information content (AvgIpc) is 3.27. The van der Waals surface area contributed by atoms with Crippen LogP contribution in [0.5, 0.6) is 5.75 Å². The molecule has 0 fully saturated rings. The zero-order valence-electron chi connectivity index (χ0n) is 15.0. The molecule has 152 valence electrons. The van der Waals surface area contributed by atoms with Gasteiger partial charge in [-0.05, 0) is 31.2 Å². The molecule has 3 aromatic rings. The quantitative estimate of drug-likeness (QED) is 0.613. The van der Waals surface area contributed by atoms with E-state index in [0.717, 1.165) is 22.7 Å². The highest BCUT2D eigenvalue weighted by Crippen LogP contribution is 2.35. The van der Waals surface area contributed by atoms with Gasteiger partial charge in [0.05, 0.1) is 23.4 Å². The number of anilines is 2. The van der Waals surface area contributed by atoms with E-state index < -0.39 is 12.1 Å². The fourth-order valence-electron chi connectivity index (χ4n) is 2.20. The Morgan fingerprint density at radius 2 is 1.76 bits per heavy atom. The summed E-state index contributed by atoms with van der Waals surface area (Å²) >= 11 is 1.98. The van der Waals surface area contributed by atoms with E-state index in [2.05, 4.69) is 15.3 Å². The third kappa shape index (κ3) is 4.90. The lowest BCUT2D eigenvalue weighted by Crippen LogP contribution is -2.29. The summed E-state index contributed by atoms with van der Waals surface area (Å²) in [6.45, 7) is 1.68. The van der Waals surface area contributed by atoms with Crippen molar-refractivity contribution in [2.45, 2.75) is 13.1 Å². The van der Waals surface area contributed by atoms with Crippen molar-refractivity contribution in [1.82, 2.24) is 9.97 Å². The van der Waals surface area contributed by atoms with Crippen molar-refractivity contribution in [1.29, 1.82) is 0 Å². The van der Waals surface area contributed by atoms with Crippen LogP contribution in [0.2, 0.25) is 0 Å². The molecule has 12 heteroatoms. The molecule has 0 aliphatic rings. The summed E-state index contributed by atoms with van der Waals surface area (Å²) in [4.78, 5) is 32.2. The molecule has 0 atom stereocenters. The molecule has 0 aliphatic carbocycles. The van der Waals surface area contributed by atoms with Crippen LogP contribution >= 0.6 is 22.7 Å². The van der Waals surface area contributed by atoms with Crippen LogP contribution in [0.1, 0.15) is 16.1 Å². The van der Waals surface area contributed by atoms with Gasteiger partial charge in [-0.15, -0.1) is 11.3 Å². The molecule has 29 heavy (non-hydrogen) atoms. The number of hydrogen-bond donors (Lipinski definition) is 2. The van der Waals surface area contributed by atoms with E-state index in [9.17, 15) is 22.8 Å². The van der Waals surface area contributed by atoms with Gasteiger partial charge in [-0.25, -0.2) is 9.97 Å². The van der Waals surface area contributed by atoms with Gasteiger partial charge < -0.3 is 4.74 Å². The van der Waals surface area contributed by atoms with Crippen molar-refractivity contribution in [2.24, 2.45) is 0 Å². The van der Waals surface area contributed by atoms with Gasteiger partial charge in [0, 0.05) is 10.9 Å². The number of alkyl halides is 3. The highest BCUT2D eigenvalue weighted by molar-refractivity contribution is 7.20. The van der Waals surface area contributed by atoms with E-state index in [4.69, 9.17) is 4.74 Å². The second-order valence-electron chi connectivity index (χ2n) is 5.61. The van der Waals surface area contributed by atoms with Gasteiger partial charge >= 0.3 is 12.1 Å². The lowest BCUT2D eigenvalue weighted by molar-refractivity contribution is -0.167. The van der Waals surface area contributed by atoms with E-state index in [1.807, 2.05) is 0 Å². The minimum absolute atomic E-state index is 0.182. The maximum Gasteiger partial charge on any atom is 0.471 e. The first kappa shape index (κ1) is 20.7. The summed E-state index contributed by atoms with van der Waals surface area (Å²) in [7, 11) is 1.52. The van der Waals surface area contributed by atoms with Gasteiger partial charge in [-0.1, -0.05) is 11.3 Å². The first-order valence-electron chi connectivity index (χ1n) is 7.94. The van der Waals surface area contributed by atoms with Crippen molar-refractivity contribution in [3.05, 3.63) is 40.9 Å². The minimum atomic E-state index is -4.99. The Labute approximate surface area is 170 Å². The summed E-state index contributed by atoms with van der Waals surface area (Å²) in [6, 6.07) is 6.51. The number of carbonyl (C=O) groups excluding carboxylic acids is 2. The molecule has 0 saturated carbocycles. The number of hydrogen-bond acceptors (Lipinski definition) is 7. The number of ether oxygens (including phenoxy) is 1. The Bertz CT molecular complexity index is 1050. The molecule has 0 bridgehead atoms. The molecule has 0 radical (unpaired) electrons. The molecule has 0 spiro atoms. The molecule has 2 heterocycles. The molecule has 3 rings (SSSR count). The summed E-state index contributed by atoms with van der Waals surface area (Å²) < 4.78 is 42.1. The summed E-state index contributed by atoms with van der Waals surface area (Å²) in [5.41, 5.74) is 1.30. The molecule has 2 N–H and O–H groups in total. The van der Waals surface area contributed by atoms with Crippen LogP contribution in [0.3, 0.4) is 0 Å². The Kier molecular flexibility index (Phi) is 5.84. The number of methoxy groups -OCH3 is 1. The van der Waals surface area contributed by atoms with Crippen LogP contribution in [0, 0.1) is 6.92 Å². The zero-order chi connectivity index (χ0) is 21.2. The molecule has 0 aliphatic heterocycles. The highest BCUT2D eigenvalue weighted by atomic mass is 32.1. The predicted molar refractivity (Wildman–Crippen MR) is 104 cm³/mol. The number of aryl methyl sites for hydroxylation is 1. The van der Waals surface area contributed by atoms with E-state index in [1.54, 1.807) is 36.5 Å². The maximum atomic E-state index is 12.3. The van der Waals surface area contributed by atoms with Gasteiger partial charge in [-0.2, -0.15) is 13.2 Å².